The molecule has 0 radical (unpaired) electrons. The van der Waals surface area contributed by atoms with Gasteiger partial charge in [-0.25, -0.2) is 0 Å². The molecular formula is C7H15N4O+. The second-order valence-electron chi connectivity index (χ2n) is 3.10. The zero-order valence-electron chi connectivity index (χ0n) is 7.05. The van der Waals surface area contributed by atoms with Gasteiger partial charge in [0.05, 0.1) is 6.10 Å². The maximum Gasteiger partial charge on any atom is 0.307 e. The van der Waals surface area contributed by atoms with Crippen LogP contribution in [0.1, 0.15) is 6.92 Å². The Hall–Kier alpha value is -0.670. The minimum atomic E-state index is -0.530. The van der Waals surface area contributed by atoms with Gasteiger partial charge in [0.15, 0.2) is 0 Å². The Morgan fingerprint density at radius 2 is 1.83 bits per heavy atom. The van der Waals surface area contributed by atoms with E-state index in [9.17, 15) is 0 Å². The van der Waals surface area contributed by atoms with E-state index >= 15 is 0 Å². The van der Waals surface area contributed by atoms with Crippen LogP contribution in [0.15, 0.2) is 0 Å². The van der Waals surface area contributed by atoms with E-state index in [1.807, 2.05) is 6.92 Å². The molecule has 0 spiro atoms. The third-order valence-corrected chi connectivity index (χ3v) is 2.25. The number of nitrogens with two attached hydrogens (primary N) is 3. The number of rotatable bonds is 0. The molecule has 0 saturated carbocycles. The monoisotopic (exact) mass is 171 g/mol. The lowest BCUT2D eigenvalue weighted by atomic mass is 9.94. The molecule has 1 saturated heterocycles. The van der Waals surface area contributed by atoms with Crippen molar-refractivity contribution in [2.24, 2.45) is 17.2 Å². The molecule has 6 N–H and O–H groups in total. The van der Waals surface area contributed by atoms with Crippen LogP contribution < -0.4 is 17.2 Å². The molecule has 0 bridgehead atoms. The molecule has 5 unspecified atom stereocenters. The summed E-state index contributed by atoms with van der Waals surface area (Å²) in [6.45, 7) is 6.99. The van der Waals surface area contributed by atoms with Crippen molar-refractivity contribution in [2.45, 2.75) is 37.4 Å². The first-order valence-corrected chi connectivity index (χ1v) is 3.90. The maximum absolute atomic E-state index is 5.75. The van der Waals surface area contributed by atoms with Gasteiger partial charge >= 0.3 is 6.04 Å². The second-order valence-corrected chi connectivity index (χ2v) is 3.10. The SMILES string of the molecule is C#[N+]C1C(N)C(C)OC(N)C1N. The van der Waals surface area contributed by atoms with Gasteiger partial charge in [0.2, 0.25) is 0 Å². The Kier molecular flexibility index (Phi) is 2.65. The summed E-state index contributed by atoms with van der Waals surface area (Å²) in [5, 5.41) is 0. The van der Waals surface area contributed by atoms with E-state index in [1.165, 1.54) is 0 Å². The zero-order valence-corrected chi connectivity index (χ0v) is 7.05. The van der Waals surface area contributed by atoms with Crippen LogP contribution in [0.2, 0.25) is 0 Å². The van der Waals surface area contributed by atoms with E-state index in [4.69, 9.17) is 28.5 Å². The van der Waals surface area contributed by atoms with Crippen molar-refractivity contribution in [2.75, 3.05) is 0 Å². The van der Waals surface area contributed by atoms with Gasteiger partial charge < -0.3 is 21.9 Å². The molecule has 1 aliphatic heterocycles. The first-order valence-electron chi connectivity index (χ1n) is 3.90. The lowest BCUT2D eigenvalue weighted by Crippen LogP contribution is -2.64. The highest BCUT2D eigenvalue weighted by atomic mass is 16.5. The summed E-state index contributed by atoms with van der Waals surface area (Å²) < 4.78 is 5.25. The van der Waals surface area contributed by atoms with Gasteiger partial charge in [-0.05, 0) is 6.92 Å². The van der Waals surface area contributed by atoms with Crippen molar-refractivity contribution < 1.29 is 4.74 Å². The summed E-state index contributed by atoms with van der Waals surface area (Å²) in [6.07, 6.45) is -0.686. The second kappa shape index (κ2) is 3.37. The Balaban J connectivity index is 2.75. The predicted molar refractivity (Wildman–Crippen MR) is 46.6 cm³/mol. The lowest BCUT2D eigenvalue weighted by Gasteiger charge is -2.33. The molecule has 12 heavy (non-hydrogen) atoms. The van der Waals surface area contributed by atoms with Crippen LogP contribution in [0.4, 0.5) is 0 Å². The van der Waals surface area contributed by atoms with Crippen LogP contribution in [0.5, 0.6) is 0 Å². The average molecular weight is 171 g/mol. The predicted octanol–water partition coefficient (Wildman–Crippen LogP) is -1.32. The summed E-state index contributed by atoms with van der Waals surface area (Å²) in [5.74, 6) is 0. The molecule has 1 fully saturated rings. The summed E-state index contributed by atoms with van der Waals surface area (Å²) in [5.41, 5.74) is 17.0. The van der Waals surface area contributed by atoms with Crippen LogP contribution in [-0.2, 0) is 4.74 Å². The van der Waals surface area contributed by atoms with Crippen LogP contribution in [0.3, 0.4) is 0 Å². The largest absolute Gasteiger partial charge is 0.357 e. The Morgan fingerprint density at radius 3 is 2.33 bits per heavy atom. The topological polar surface area (TPSA) is 91.6 Å². The molecule has 1 rings (SSSR count). The quantitative estimate of drug-likeness (QED) is 0.421. The van der Waals surface area contributed by atoms with Crippen molar-refractivity contribution >= 4 is 0 Å². The van der Waals surface area contributed by atoms with Crippen molar-refractivity contribution in [3.05, 3.63) is 4.85 Å². The minimum Gasteiger partial charge on any atom is -0.357 e. The fourth-order valence-corrected chi connectivity index (χ4v) is 1.36. The zero-order chi connectivity index (χ0) is 9.30. The van der Waals surface area contributed by atoms with Gasteiger partial charge in [-0.2, -0.15) is 0 Å². The number of ether oxygens (including phenoxy) is 1. The molecule has 1 aliphatic rings. The smallest absolute Gasteiger partial charge is 0.307 e. The van der Waals surface area contributed by atoms with Crippen LogP contribution >= 0.6 is 0 Å². The number of hydrogen-bond acceptors (Lipinski definition) is 4. The molecule has 1 heterocycles. The van der Waals surface area contributed by atoms with E-state index in [0.29, 0.717) is 0 Å². The van der Waals surface area contributed by atoms with E-state index in [0.717, 1.165) is 0 Å². The third kappa shape index (κ3) is 1.42. The van der Waals surface area contributed by atoms with Gasteiger partial charge in [-0.15, -0.1) is 0 Å². The number of hydrogen-bond donors (Lipinski definition) is 3. The van der Waals surface area contributed by atoms with Gasteiger partial charge in [-0.1, -0.05) is 4.85 Å². The van der Waals surface area contributed by atoms with Crippen LogP contribution in [0.25, 0.3) is 4.85 Å². The highest BCUT2D eigenvalue weighted by Crippen LogP contribution is 2.17. The lowest BCUT2D eigenvalue weighted by molar-refractivity contribution is -0.0614. The molecule has 0 aromatic heterocycles. The molecule has 0 aromatic carbocycles. The van der Waals surface area contributed by atoms with Crippen molar-refractivity contribution in [1.29, 1.82) is 0 Å². The fraction of sp³-hybridized carbons (Fsp3) is 0.857. The highest BCUT2D eigenvalue weighted by Gasteiger charge is 2.45. The minimum absolute atomic E-state index is 0.155. The normalized spacial score (nSPS) is 48.4. The maximum atomic E-state index is 5.75. The van der Waals surface area contributed by atoms with E-state index in [-0.39, 0.29) is 18.2 Å². The Bertz CT molecular complexity index is 188. The molecule has 0 amide bonds. The summed E-state index contributed by atoms with van der Waals surface area (Å²) in [4.78, 5) is 3.60. The van der Waals surface area contributed by atoms with Crippen molar-refractivity contribution in [3.63, 3.8) is 0 Å². The Morgan fingerprint density at radius 1 is 1.25 bits per heavy atom. The summed E-state index contributed by atoms with van der Waals surface area (Å²) >= 11 is 0. The van der Waals surface area contributed by atoms with Gasteiger partial charge in [-0.3, -0.25) is 0 Å². The van der Waals surface area contributed by atoms with E-state index in [1.54, 1.807) is 0 Å². The van der Waals surface area contributed by atoms with E-state index in [2.05, 4.69) is 4.85 Å². The van der Waals surface area contributed by atoms with E-state index < -0.39 is 12.3 Å². The molecule has 5 nitrogen and oxygen atoms in total. The average Bonchev–Trinajstić information content (AvgIpc) is 2.02. The highest BCUT2D eigenvalue weighted by molar-refractivity contribution is 5.05. The number of nitrogens with zero attached hydrogens (tertiary/aromatic N) is 1. The molecule has 5 atom stereocenters. The van der Waals surface area contributed by atoms with Gasteiger partial charge in [0.25, 0.3) is 6.57 Å². The van der Waals surface area contributed by atoms with Crippen LogP contribution in [0, 0.1) is 6.57 Å². The molecule has 68 valence electrons. The van der Waals surface area contributed by atoms with Gasteiger partial charge in [0.1, 0.15) is 18.3 Å². The fourth-order valence-electron chi connectivity index (χ4n) is 1.36. The summed E-state index contributed by atoms with van der Waals surface area (Å²) in [6, 6.07) is -1.00. The van der Waals surface area contributed by atoms with Crippen molar-refractivity contribution in [3.8, 4) is 6.57 Å². The van der Waals surface area contributed by atoms with Crippen LogP contribution in [-0.4, -0.2) is 30.5 Å². The first-order chi connectivity index (χ1) is 5.57. The molecule has 0 aliphatic carbocycles. The van der Waals surface area contributed by atoms with Gasteiger partial charge in [0, 0.05) is 0 Å². The Labute approximate surface area is 71.7 Å². The third-order valence-electron chi connectivity index (χ3n) is 2.25. The molecular weight excluding hydrogens is 156 g/mol. The molecule has 5 heteroatoms. The summed E-state index contributed by atoms with van der Waals surface area (Å²) in [7, 11) is 0. The standard InChI is InChI=1S/C7H15N4O/c1-3-4(8)6(11-2)5(9)7(10)12-3/h2-7H,8-10H2,1H3/q+1. The van der Waals surface area contributed by atoms with Crippen molar-refractivity contribution in [1.82, 2.24) is 0 Å². The first kappa shape index (κ1) is 9.42. The molecule has 0 aromatic rings.